The second kappa shape index (κ2) is 8.44. The van der Waals surface area contributed by atoms with Gasteiger partial charge in [0.05, 0.1) is 5.02 Å². The second-order valence-corrected chi connectivity index (χ2v) is 5.21. The Hall–Kier alpha value is -1.01. The van der Waals surface area contributed by atoms with E-state index in [1.807, 2.05) is 14.0 Å². The lowest BCUT2D eigenvalue weighted by molar-refractivity contribution is 0.242. The van der Waals surface area contributed by atoms with Gasteiger partial charge in [-0.1, -0.05) is 28.4 Å². The standard InChI is InChI=1S/C13H15Cl2N3O2.ClH/c1-8(16-2)5-12-17-13(20-18-12)7-19-11-4-3-9(14)6-10(11)15;/h3-4,6,8,16H,5,7H2,1-2H3;1H. The first-order chi connectivity index (χ1) is 9.58. The minimum atomic E-state index is 0. The molecule has 1 aromatic carbocycles. The first kappa shape index (κ1) is 18.0. The van der Waals surface area contributed by atoms with Crippen LogP contribution in [0.5, 0.6) is 5.75 Å². The number of rotatable bonds is 6. The van der Waals surface area contributed by atoms with E-state index in [4.69, 9.17) is 32.5 Å². The van der Waals surface area contributed by atoms with Gasteiger partial charge in [-0.2, -0.15) is 4.98 Å². The smallest absolute Gasteiger partial charge is 0.264 e. The topological polar surface area (TPSA) is 60.2 Å². The third-order valence-corrected chi connectivity index (χ3v) is 3.27. The number of hydrogen-bond donors (Lipinski definition) is 1. The van der Waals surface area contributed by atoms with Gasteiger partial charge in [0.1, 0.15) is 5.75 Å². The molecule has 2 aromatic rings. The summed E-state index contributed by atoms with van der Waals surface area (Å²) in [6.45, 7) is 2.21. The Balaban J connectivity index is 0.00000220. The minimum Gasteiger partial charge on any atom is -0.482 e. The highest BCUT2D eigenvalue weighted by Gasteiger charge is 2.11. The number of likely N-dealkylation sites (N-methyl/N-ethyl adjacent to an activating group) is 1. The van der Waals surface area contributed by atoms with Crippen LogP contribution in [-0.4, -0.2) is 23.2 Å². The lowest BCUT2D eigenvalue weighted by Gasteiger charge is -2.05. The number of nitrogens with zero attached hydrogens (tertiary/aromatic N) is 2. The molecule has 0 aliphatic heterocycles. The summed E-state index contributed by atoms with van der Waals surface area (Å²) in [4.78, 5) is 4.25. The van der Waals surface area contributed by atoms with Crippen molar-refractivity contribution in [2.75, 3.05) is 7.05 Å². The van der Waals surface area contributed by atoms with E-state index in [9.17, 15) is 0 Å². The van der Waals surface area contributed by atoms with Crippen LogP contribution in [0.15, 0.2) is 22.7 Å². The Bertz CT molecular complexity index is 578. The molecule has 0 amide bonds. The molecule has 1 heterocycles. The summed E-state index contributed by atoms with van der Waals surface area (Å²) >= 11 is 11.8. The maximum absolute atomic E-state index is 6.00. The molecule has 1 atom stereocenters. The molecule has 1 N–H and O–H groups in total. The average molecular weight is 353 g/mol. The fourth-order valence-corrected chi connectivity index (χ4v) is 2.00. The van der Waals surface area contributed by atoms with Gasteiger partial charge < -0.3 is 14.6 Å². The Morgan fingerprint density at radius 3 is 2.81 bits per heavy atom. The van der Waals surface area contributed by atoms with Crippen LogP contribution in [0.3, 0.4) is 0 Å². The van der Waals surface area contributed by atoms with Gasteiger partial charge in [-0.05, 0) is 32.2 Å². The molecule has 1 unspecified atom stereocenters. The van der Waals surface area contributed by atoms with Gasteiger partial charge in [-0.15, -0.1) is 12.4 Å². The SMILES string of the molecule is CNC(C)Cc1noc(COc2ccc(Cl)cc2Cl)n1.Cl. The molecule has 0 bridgehead atoms. The van der Waals surface area contributed by atoms with Crippen molar-refractivity contribution in [2.24, 2.45) is 0 Å². The Labute approximate surface area is 139 Å². The maximum Gasteiger partial charge on any atom is 0.264 e. The number of aromatic nitrogens is 2. The van der Waals surface area contributed by atoms with Crippen LogP contribution >= 0.6 is 35.6 Å². The summed E-state index contributed by atoms with van der Waals surface area (Å²) in [5, 5.41) is 8.01. The number of halogens is 3. The van der Waals surface area contributed by atoms with Crippen molar-refractivity contribution in [3.05, 3.63) is 40.0 Å². The summed E-state index contributed by atoms with van der Waals surface area (Å²) in [5.41, 5.74) is 0. The summed E-state index contributed by atoms with van der Waals surface area (Å²) in [6, 6.07) is 5.31. The Morgan fingerprint density at radius 2 is 2.14 bits per heavy atom. The molecule has 116 valence electrons. The molecular weight excluding hydrogens is 337 g/mol. The van der Waals surface area contributed by atoms with Gasteiger partial charge in [0.2, 0.25) is 0 Å². The zero-order chi connectivity index (χ0) is 14.5. The predicted molar refractivity (Wildman–Crippen MR) is 84.6 cm³/mol. The van der Waals surface area contributed by atoms with Crippen LogP contribution in [0.25, 0.3) is 0 Å². The molecule has 21 heavy (non-hydrogen) atoms. The maximum atomic E-state index is 6.00. The first-order valence-corrected chi connectivity index (χ1v) is 6.90. The van der Waals surface area contributed by atoms with Crippen LogP contribution in [-0.2, 0) is 13.0 Å². The lowest BCUT2D eigenvalue weighted by Crippen LogP contribution is -2.24. The van der Waals surface area contributed by atoms with Crippen molar-refractivity contribution < 1.29 is 9.26 Å². The van der Waals surface area contributed by atoms with Gasteiger partial charge in [0.25, 0.3) is 5.89 Å². The predicted octanol–water partition coefficient (Wildman–Crippen LogP) is 3.53. The van der Waals surface area contributed by atoms with E-state index in [0.717, 1.165) is 0 Å². The molecule has 0 radical (unpaired) electrons. The molecule has 0 spiro atoms. The first-order valence-electron chi connectivity index (χ1n) is 6.15. The van der Waals surface area contributed by atoms with Crippen molar-refractivity contribution in [1.82, 2.24) is 15.5 Å². The fraction of sp³-hybridized carbons (Fsp3) is 0.385. The number of ether oxygens (including phenoxy) is 1. The summed E-state index contributed by atoms with van der Waals surface area (Å²) in [7, 11) is 1.89. The van der Waals surface area contributed by atoms with Crippen LogP contribution < -0.4 is 10.1 Å². The summed E-state index contributed by atoms with van der Waals surface area (Å²) < 4.78 is 10.6. The normalized spacial score (nSPS) is 11.8. The van der Waals surface area contributed by atoms with Crippen LogP contribution in [0.1, 0.15) is 18.6 Å². The number of benzene rings is 1. The molecule has 0 aliphatic rings. The van der Waals surface area contributed by atoms with E-state index >= 15 is 0 Å². The Kier molecular flexibility index (Phi) is 7.25. The average Bonchev–Trinajstić information content (AvgIpc) is 2.85. The summed E-state index contributed by atoms with van der Waals surface area (Å²) in [5.74, 6) is 1.58. The fourth-order valence-electron chi connectivity index (χ4n) is 1.54. The van der Waals surface area contributed by atoms with Crippen molar-refractivity contribution in [3.8, 4) is 5.75 Å². The van der Waals surface area contributed by atoms with E-state index in [1.54, 1.807) is 18.2 Å². The second-order valence-electron chi connectivity index (χ2n) is 4.36. The molecule has 5 nitrogen and oxygen atoms in total. The van der Waals surface area contributed by atoms with Crippen molar-refractivity contribution in [2.45, 2.75) is 26.0 Å². The molecular formula is C13H16Cl3N3O2. The van der Waals surface area contributed by atoms with Crippen molar-refractivity contribution in [3.63, 3.8) is 0 Å². The molecule has 0 saturated carbocycles. The van der Waals surface area contributed by atoms with Gasteiger partial charge >= 0.3 is 0 Å². The largest absolute Gasteiger partial charge is 0.482 e. The summed E-state index contributed by atoms with van der Waals surface area (Å²) in [6.07, 6.45) is 0.696. The van der Waals surface area contributed by atoms with E-state index in [-0.39, 0.29) is 25.1 Å². The van der Waals surface area contributed by atoms with Gasteiger partial charge in [0.15, 0.2) is 12.4 Å². The molecule has 0 fully saturated rings. The number of nitrogens with one attached hydrogen (secondary N) is 1. The zero-order valence-corrected chi connectivity index (χ0v) is 13.9. The zero-order valence-electron chi connectivity index (χ0n) is 11.6. The monoisotopic (exact) mass is 351 g/mol. The molecule has 0 saturated heterocycles. The quantitative estimate of drug-likeness (QED) is 0.862. The molecule has 0 aliphatic carbocycles. The van der Waals surface area contributed by atoms with E-state index in [0.29, 0.717) is 33.9 Å². The van der Waals surface area contributed by atoms with E-state index in [2.05, 4.69) is 15.5 Å². The van der Waals surface area contributed by atoms with Crippen LogP contribution in [0.2, 0.25) is 10.0 Å². The van der Waals surface area contributed by atoms with Crippen LogP contribution in [0, 0.1) is 0 Å². The minimum absolute atomic E-state index is 0. The lowest BCUT2D eigenvalue weighted by atomic mass is 10.2. The van der Waals surface area contributed by atoms with Gasteiger partial charge in [-0.25, -0.2) is 0 Å². The molecule has 2 rings (SSSR count). The van der Waals surface area contributed by atoms with E-state index in [1.165, 1.54) is 0 Å². The highest BCUT2D eigenvalue weighted by molar-refractivity contribution is 6.35. The van der Waals surface area contributed by atoms with Crippen molar-refractivity contribution in [1.29, 1.82) is 0 Å². The van der Waals surface area contributed by atoms with E-state index < -0.39 is 0 Å². The van der Waals surface area contributed by atoms with Gasteiger partial charge in [-0.3, -0.25) is 0 Å². The molecule has 1 aromatic heterocycles. The van der Waals surface area contributed by atoms with Crippen LogP contribution in [0.4, 0.5) is 0 Å². The highest BCUT2D eigenvalue weighted by atomic mass is 35.5. The third-order valence-electron chi connectivity index (χ3n) is 2.74. The number of hydrogen-bond acceptors (Lipinski definition) is 5. The third kappa shape index (κ3) is 5.36. The molecule has 8 heteroatoms. The highest BCUT2D eigenvalue weighted by Crippen LogP contribution is 2.27. The Morgan fingerprint density at radius 1 is 1.38 bits per heavy atom. The van der Waals surface area contributed by atoms with Gasteiger partial charge in [0, 0.05) is 17.5 Å². The van der Waals surface area contributed by atoms with Crippen molar-refractivity contribution >= 4 is 35.6 Å².